The summed E-state index contributed by atoms with van der Waals surface area (Å²) in [6, 6.07) is 3.96. The number of esters is 1. The molecule has 0 saturated heterocycles. The molecule has 1 aliphatic carbocycles. The maximum Gasteiger partial charge on any atom is 0.416 e. The third-order valence-corrected chi connectivity index (χ3v) is 9.58. The number of sulfone groups is 1. The number of alkyl halides is 4. The van der Waals surface area contributed by atoms with Crippen molar-refractivity contribution < 1.29 is 45.0 Å². The number of rotatable bonds is 10. The molecule has 0 unspecified atom stereocenters. The average molecular weight is 634 g/mol. The number of nitrogens with zero attached hydrogens (tertiary/aromatic N) is 3. The topological polar surface area (TPSA) is 127 Å². The number of nitriles is 1. The van der Waals surface area contributed by atoms with Gasteiger partial charge in [0, 0.05) is 17.5 Å². The zero-order chi connectivity index (χ0) is 31.9. The monoisotopic (exact) mass is 633 g/mol. The van der Waals surface area contributed by atoms with Crippen molar-refractivity contribution >= 4 is 39.1 Å². The van der Waals surface area contributed by atoms with E-state index < -0.39 is 84.6 Å². The van der Waals surface area contributed by atoms with Crippen molar-refractivity contribution in [3.05, 3.63) is 39.2 Å². The predicted octanol–water partition coefficient (Wildman–Crippen LogP) is 6.36. The van der Waals surface area contributed by atoms with Gasteiger partial charge in [0.05, 0.1) is 41.3 Å². The lowest BCUT2D eigenvalue weighted by Crippen LogP contribution is -2.38. The summed E-state index contributed by atoms with van der Waals surface area (Å²) in [5.41, 5.74) is -2.24. The van der Waals surface area contributed by atoms with Crippen LogP contribution in [0.3, 0.4) is 0 Å². The van der Waals surface area contributed by atoms with E-state index in [-0.39, 0.29) is 16.2 Å². The summed E-state index contributed by atoms with van der Waals surface area (Å²) in [7, 11) is -3.15. The van der Waals surface area contributed by atoms with Crippen molar-refractivity contribution in [3.8, 4) is 6.07 Å². The minimum absolute atomic E-state index is 0.150. The molecule has 1 amide bonds. The van der Waals surface area contributed by atoms with Crippen LogP contribution in [0.1, 0.15) is 79.6 Å². The first kappa shape index (κ1) is 33.3. The van der Waals surface area contributed by atoms with E-state index in [0.717, 1.165) is 18.9 Å². The molecule has 1 aliphatic rings. The molecule has 1 saturated carbocycles. The number of hydrogen-bond acceptors (Lipinski definition) is 9. The lowest BCUT2D eigenvalue weighted by molar-refractivity contribution is -0.215. The molecule has 15 heteroatoms. The van der Waals surface area contributed by atoms with Crippen molar-refractivity contribution in [2.75, 3.05) is 17.8 Å². The molecule has 0 aromatic carbocycles. The van der Waals surface area contributed by atoms with Gasteiger partial charge in [-0.05, 0) is 51.3 Å². The van der Waals surface area contributed by atoms with Crippen LogP contribution in [-0.4, -0.2) is 49.9 Å². The number of hydrogen-bond donors (Lipinski definition) is 0. The van der Waals surface area contributed by atoms with Crippen molar-refractivity contribution in [1.29, 1.82) is 5.26 Å². The van der Waals surface area contributed by atoms with Crippen molar-refractivity contribution in [2.45, 2.75) is 88.2 Å². The fourth-order valence-electron chi connectivity index (χ4n) is 3.95. The Hall–Kier alpha value is -3.25. The second-order valence-corrected chi connectivity index (χ2v) is 14.2. The zero-order valence-electron chi connectivity index (χ0n) is 23.9. The van der Waals surface area contributed by atoms with E-state index in [9.17, 15) is 40.8 Å². The Morgan fingerprint density at radius 2 is 1.79 bits per heavy atom. The van der Waals surface area contributed by atoms with Gasteiger partial charge in [0.25, 0.3) is 0 Å². The van der Waals surface area contributed by atoms with E-state index in [1.807, 2.05) is 0 Å². The molecular weight excluding hydrogens is 602 g/mol. The van der Waals surface area contributed by atoms with Gasteiger partial charge in [0.1, 0.15) is 10.5 Å². The summed E-state index contributed by atoms with van der Waals surface area (Å²) in [6.07, 6.45) is -0.141. The summed E-state index contributed by atoms with van der Waals surface area (Å²) in [4.78, 5) is 29.1. The molecule has 0 N–H and O–H groups in total. The van der Waals surface area contributed by atoms with Crippen LogP contribution >= 0.6 is 11.3 Å². The van der Waals surface area contributed by atoms with Crippen molar-refractivity contribution in [2.24, 2.45) is 0 Å². The second-order valence-electron chi connectivity index (χ2n) is 10.8. The Morgan fingerprint density at radius 1 is 1.17 bits per heavy atom. The molecule has 9 nitrogen and oxygen atoms in total. The quantitative estimate of drug-likeness (QED) is 0.219. The van der Waals surface area contributed by atoms with Crippen molar-refractivity contribution in [3.63, 3.8) is 0 Å². The first-order valence-corrected chi connectivity index (χ1v) is 15.4. The Balaban J connectivity index is 2.27. The summed E-state index contributed by atoms with van der Waals surface area (Å²) >= 11 is 0.150. The number of carbonyl (C=O) groups is 2. The van der Waals surface area contributed by atoms with E-state index >= 15 is 0 Å². The minimum atomic E-state index is -4.67. The molecule has 2 aromatic rings. The van der Waals surface area contributed by atoms with Crippen LogP contribution in [0.4, 0.5) is 28.2 Å². The predicted molar refractivity (Wildman–Crippen MR) is 146 cm³/mol. The summed E-state index contributed by atoms with van der Waals surface area (Å²) in [5, 5.41) is 9.63. The lowest BCUT2D eigenvalue weighted by atomic mass is 10.00. The Bertz CT molecular complexity index is 1520. The Labute approximate surface area is 245 Å². The molecule has 3 rings (SSSR count). The molecule has 2 aromatic heterocycles. The highest BCUT2D eigenvalue weighted by Crippen LogP contribution is 2.50. The third kappa shape index (κ3) is 6.39. The number of carbonyl (C=O) groups excluding carboxylic acids is 2. The molecule has 42 heavy (non-hydrogen) atoms. The van der Waals surface area contributed by atoms with Crippen LogP contribution in [-0.2, 0) is 37.2 Å². The number of halogens is 4. The van der Waals surface area contributed by atoms with Gasteiger partial charge < -0.3 is 9.47 Å². The number of aromatic nitrogens is 1. The van der Waals surface area contributed by atoms with E-state index in [2.05, 4.69) is 15.8 Å². The number of amides is 1. The molecule has 0 bridgehead atoms. The summed E-state index contributed by atoms with van der Waals surface area (Å²) < 4.78 is 94.8. The molecule has 0 radical (unpaired) electrons. The highest BCUT2D eigenvalue weighted by Gasteiger charge is 2.57. The number of anilines is 1. The highest BCUT2D eigenvalue weighted by molar-refractivity contribution is 7.91. The standard InChI is InChI=1S/C27H31F4N3O6S2/c1-7-26(28,29)27(30,31)20-12-17(22(35)39-6)18(41-20)14-34(23(36)40-24(3,4)5)21-19(42(37,38)8-2)11-16(13-33-21)25(15-32)9-10-25/h11-13H,7-10,14H2,1-6H3. The van der Waals surface area contributed by atoms with Gasteiger partial charge in [-0.3, -0.25) is 4.90 Å². The minimum Gasteiger partial charge on any atom is -0.465 e. The fourth-order valence-corrected chi connectivity index (χ4v) is 6.17. The van der Waals surface area contributed by atoms with Gasteiger partial charge in [-0.25, -0.2) is 23.0 Å². The van der Waals surface area contributed by atoms with Gasteiger partial charge in [-0.2, -0.15) is 22.8 Å². The second kappa shape index (κ2) is 11.4. The van der Waals surface area contributed by atoms with Crippen molar-refractivity contribution in [1.82, 2.24) is 4.98 Å². The van der Waals surface area contributed by atoms with Crippen LogP contribution in [0.15, 0.2) is 23.2 Å². The first-order valence-electron chi connectivity index (χ1n) is 12.9. The molecule has 2 heterocycles. The number of methoxy groups -OCH3 is 1. The molecule has 0 aliphatic heterocycles. The van der Waals surface area contributed by atoms with Crippen LogP contribution < -0.4 is 4.90 Å². The van der Waals surface area contributed by atoms with Gasteiger partial charge >= 0.3 is 23.9 Å². The first-order chi connectivity index (χ1) is 19.3. The van der Waals surface area contributed by atoms with Gasteiger partial charge in [-0.15, -0.1) is 11.3 Å². The SMILES string of the molecule is CCC(F)(F)C(F)(F)c1cc(C(=O)OC)c(CN(C(=O)OC(C)(C)C)c2ncc(C3(C#N)CC3)cc2S(=O)(=O)CC)s1. The number of pyridine rings is 1. The van der Waals surface area contributed by atoms with Crippen LogP contribution in [0.2, 0.25) is 0 Å². The lowest BCUT2D eigenvalue weighted by Gasteiger charge is -2.28. The summed E-state index contributed by atoms with van der Waals surface area (Å²) in [6.45, 7) is 6.09. The largest absolute Gasteiger partial charge is 0.465 e. The molecule has 0 atom stereocenters. The highest BCUT2D eigenvalue weighted by atomic mass is 32.2. The molecular formula is C27H31F4N3O6S2. The average Bonchev–Trinajstić information content (AvgIpc) is 3.61. The number of ether oxygens (including phenoxy) is 2. The fraction of sp³-hybridized carbons (Fsp3) is 0.556. The normalized spacial score (nSPS) is 15.1. The van der Waals surface area contributed by atoms with E-state index in [4.69, 9.17) is 4.74 Å². The zero-order valence-corrected chi connectivity index (χ0v) is 25.5. The van der Waals surface area contributed by atoms with Crippen LogP contribution in [0.5, 0.6) is 0 Å². The van der Waals surface area contributed by atoms with Gasteiger partial charge in [0.15, 0.2) is 15.7 Å². The van der Waals surface area contributed by atoms with E-state index in [1.54, 1.807) is 0 Å². The van der Waals surface area contributed by atoms with Crippen LogP contribution in [0, 0.1) is 11.3 Å². The summed E-state index contributed by atoms with van der Waals surface area (Å²) in [5.74, 6) is -11.1. The Kier molecular flexibility index (Phi) is 9.06. The Morgan fingerprint density at radius 3 is 2.26 bits per heavy atom. The third-order valence-electron chi connectivity index (χ3n) is 6.66. The smallest absolute Gasteiger partial charge is 0.416 e. The molecule has 0 spiro atoms. The molecule has 1 fully saturated rings. The maximum absolute atomic E-state index is 14.9. The van der Waals surface area contributed by atoms with Gasteiger partial charge in [0.2, 0.25) is 0 Å². The van der Waals surface area contributed by atoms with Gasteiger partial charge in [-0.1, -0.05) is 13.8 Å². The van der Waals surface area contributed by atoms with Crippen LogP contribution in [0.25, 0.3) is 0 Å². The van der Waals surface area contributed by atoms with E-state index in [0.29, 0.717) is 24.5 Å². The maximum atomic E-state index is 14.9. The molecule has 230 valence electrons. The van der Waals surface area contributed by atoms with E-state index in [1.165, 1.54) is 40.0 Å². The number of thiophene rings is 1.